The molecule has 0 aromatic heterocycles. The molecule has 0 aliphatic carbocycles. The van der Waals surface area contributed by atoms with Gasteiger partial charge in [0.25, 0.3) is 5.69 Å². The monoisotopic (exact) mass is 343 g/mol. The predicted molar refractivity (Wildman–Crippen MR) is 66.8 cm³/mol. The van der Waals surface area contributed by atoms with E-state index in [0.29, 0.717) is 18.2 Å². The molecule has 0 N–H and O–H groups in total. The van der Waals surface area contributed by atoms with E-state index >= 15 is 0 Å². The number of benzene rings is 1. The van der Waals surface area contributed by atoms with Crippen LogP contribution in [0.15, 0.2) is 21.5 Å². The lowest BCUT2D eigenvalue weighted by Gasteiger charge is -2.13. The minimum absolute atomic E-state index is 0.00468. The van der Waals surface area contributed by atoms with E-state index in [0.717, 1.165) is 17.8 Å². The third-order valence-corrected chi connectivity index (χ3v) is 4.22. The summed E-state index contributed by atoms with van der Waals surface area (Å²) in [4.78, 5) is 9.72. The van der Waals surface area contributed by atoms with Gasteiger partial charge >= 0.3 is 6.18 Å². The molecule has 0 aliphatic heterocycles. The Morgan fingerprint density at radius 3 is 2.50 bits per heavy atom. The van der Waals surface area contributed by atoms with E-state index < -0.39 is 22.4 Å². The second-order valence-electron chi connectivity index (χ2n) is 3.41. The molecule has 3 nitrogen and oxygen atoms in total. The van der Waals surface area contributed by atoms with Gasteiger partial charge in [-0.3, -0.25) is 10.1 Å². The molecule has 18 heavy (non-hydrogen) atoms. The van der Waals surface area contributed by atoms with E-state index in [2.05, 4.69) is 15.9 Å². The molecule has 0 saturated heterocycles. The average molecular weight is 344 g/mol. The van der Waals surface area contributed by atoms with Gasteiger partial charge in [0, 0.05) is 21.5 Å². The largest absolute Gasteiger partial charge is 0.417 e. The van der Waals surface area contributed by atoms with E-state index in [4.69, 9.17) is 0 Å². The van der Waals surface area contributed by atoms with E-state index in [1.807, 2.05) is 6.92 Å². The Labute approximate surface area is 114 Å². The number of nitro benzene ring substituents is 1. The lowest BCUT2D eigenvalue weighted by Crippen LogP contribution is -2.08. The SMILES string of the molecule is CCCSc1c(Br)cc([N+](=O)[O-])cc1C(F)(F)F. The van der Waals surface area contributed by atoms with Crippen LogP contribution in [0.1, 0.15) is 18.9 Å². The highest BCUT2D eigenvalue weighted by molar-refractivity contribution is 9.10. The Kier molecular flexibility index (Phi) is 5.03. The third-order valence-electron chi connectivity index (χ3n) is 2.00. The van der Waals surface area contributed by atoms with Gasteiger partial charge in [-0.2, -0.15) is 13.2 Å². The number of halogens is 4. The first kappa shape index (κ1) is 15.3. The highest BCUT2D eigenvalue weighted by atomic mass is 79.9. The van der Waals surface area contributed by atoms with E-state index in [-0.39, 0.29) is 9.37 Å². The van der Waals surface area contributed by atoms with Crippen molar-refractivity contribution in [3.8, 4) is 0 Å². The molecule has 0 bridgehead atoms. The van der Waals surface area contributed by atoms with Crippen molar-refractivity contribution in [2.45, 2.75) is 24.4 Å². The van der Waals surface area contributed by atoms with Crippen LogP contribution in [-0.4, -0.2) is 10.7 Å². The van der Waals surface area contributed by atoms with Crippen LogP contribution in [0, 0.1) is 10.1 Å². The maximum absolute atomic E-state index is 12.8. The molecule has 0 fully saturated rings. The minimum atomic E-state index is -4.61. The van der Waals surface area contributed by atoms with Gasteiger partial charge in [-0.05, 0) is 28.1 Å². The van der Waals surface area contributed by atoms with Gasteiger partial charge < -0.3 is 0 Å². The molecule has 0 aliphatic rings. The van der Waals surface area contributed by atoms with Crippen LogP contribution in [-0.2, 0) is 6.18 Å². The number of rotatable bonds is 4. The topological polar surface area (TPSA) is 43.1 Å². The van der Waals surface area contributed by atoms with Crippen molar-refractivity contribution in [2.75, 3.05) is 5.75 Å². The first-order chi connectivity index (χ1) is 8.27. The molecule has 0 heterocycles. The second-order valence-corrected chi connectivity index (χ2v) is 5.37. The van der Waals surface area contributed by atoms with Gasteiger partial charge in [0.1, 0.15) is 0 Å². The van der Waals surface area contributed by atoms with E-state index in [9.17, 15) is 23.3 Å². The van der Waals surface area contributed by atoms with Crippen LogP contribution >= 0.6 is 27.7 Å². The molecule has 0 amide bonds. The van der Waals surface area contributed by atoms with Crippen molar-refractivity contribution < 1.29 is 18.1 Å². The molecule has 1 aromatic carbocycles. The molecule has 100 valence electrons. The Bertz CT molecular complexity index is 465. The summed E-state index contributed by atoms with van der Waals surface area (Å²) < 4.78 is 38.6. The lowest BCUT2D eigenvalue weighted by atomic mass is 10.2. The van der Waals surface area contributed by atoms with Gasteiger partial charge in [-0.15, -0.1) is 11.8 Å². The highest BCUT2D eigenvalue weighted by Gasteiger charge is 2.36. The highest BCUT2D eigenvalue weighted by Crippen LogP contribution is 2.42. The van der Waals surface area contributed by atoms with Gasteiger partial charge in [0.15, 0.2) is 0 Å². The third kappa shape index (κ3) is 3.61. The number of non-ortho nitro benzene ring substituents is 1. The lowest BCUT2D eigenvalue weighted by molar-refractivity contribution is -0.385. The minimum Gasteiger partial charge on any atom is -0.258 e. The molecule has 1 aromatic rings. The first-order valence-electron chi connectivity index (χ1n) is 4.95. The average Bonchev–Trinajstić information content (AvgIpc) is 2.25. The molecular weight excluding hydrogens is 335 g/mol. The fourth-order valence-corrected chi connectivity index (χ4v) is 2.97. The normalized spacial score (nSPS) is 11.6. The molecule has 0 radical (unpaired) electrons. The quantitative estimate of drug-likeness (QED) is 0.444. The number of nitro groups is 1. The fraction of sp³-hybridized carbons (Fsp3) is 0.400. The molecule has 0 unspecified atom stereocenters. The smallest absolute Gasteiger partial charge is 0.258 e. The summed E-state index contributed by atoms with van der Waals surface area (Å²) in [7, 11) is 0. The number of alkyl halides is 3. The Hall–Kier alpha value is -0.760. The molecule has 8 heteroatoms. The number of nitrogens with zero attached hydrogens (tertiary/aromatic N) is 1. The van der Waals surface area contributed by atoms with Gasteiger partial charge in [0.05, 0.1) is 10.5 Å². The van der Waals surface area contributed by atoms with Crippen molar-refractivity contribution in [3.63, 3.8) is 0 Å². The van der Waals surface area contributed by atoms with Crippen LogP contribution in [0.2, 0.25) is 0 Å². The zero-order valence-electron chi connectivity index (χ0n) is 9.25. The second kappa shape index (κ2) is 5.92. The molecule has 0 spiro atoms. The summed E-state index contributed by atoms with van der Waals surface area (Å²) >= 11 is 4.00. The van der Waals surface area contributed by atoms with Crippen LogP contribution < -0.4 is 0 Å². The molecule has 0 saturated carbocycles. The maximum atomic E-state index is 12.8. The molecular formula is C10H9BrF3NO2S. The Morgan fingerprint density at radius 2 is 2.06 bits per heavy atom. The van der Waals surface area contributed by atoms with E-state index in [1.54, 1.807) is 0 Å². The fourth-order valence-electron chi connectivity index (χ4n) is 1.25. The van der Waals surface area contributed by atoms with Crippen LogP contribution in [0.5, 0.6) is 0 Å². The van der Waals surface area contributed by atoms with Gasteiger partial charge in [-0.25, -0.2) is 0 Å². The summed E-state index contributed by atoms with van der Waals surface area (Å²) in [5, 5.41) is 10.6. The first-order valence-corrected chi connectivity index (χ1v) is 6.73. The maximum Gasteiger partial charge on any atom is 0.417 e. The van der Waals surface area contributed by atoms with Crippen LogP contribution in [0.4, 0.5) is 18.9 Å². The van der Waals surface area contributed by atoms with Crippen molar-refractivity contribution in [2.24, 2.45) is 0 Å². The number of thioether (sulfide) groups is 1. The Morgan fingerprint density at radius 1 is 1.44 bits per heavy atom. The number of hydrogen-bond acceptors (Lipinski definition) is 3. The van der Waals surface area contributed by atoms with Crippen LogP contribution in [0.25, 0.3) is 0 Å². The Balaban J connectivity index is 3.35. The predicted octanol–water partition coefficient (Wildman–Crippen LogP) is 4.88. The summed E-state index contributed by atoms with van der Waals surface area (Å²) in [6.45, 7) is 1.85. The summed E-state index contributed by atoms with van der Waals surface area (Å²) in [6.07, 6.45) is -3.89. The summed E-state index contributed by atoms with van der Waals surface area (Å²) in [5.74, 6) is 0.513. The van der Waals surface area contributed by atoms with Crippen LogP contribution in [0.3, 0.4) is 0 Å². The zero-order valence-corrected chi connectivity index (χ0v) is 11.7. The van der Waals surface area contributed by atoms with E-state index in [1.165, 1.54) is 0 Å². The standard InChI is InChI=1S/C10H9BrF3NO2S/c1-2-3-18-9-7(10(12,13)14)4-6(15(16)17)5-8(9)11/h4-5H,2-3H2,1H3. The summed E-state index contributed by atoms with van der Waals surface area (Å²) in [5.41, 5.74) is -1.54. The summed E-state index contributed by atoms with van der Waals surface area (Å²) in [6, 6.07) is 1.66. The molecule has 0 atom stereocenters. The van der Waals surface area contributed by atoms with Crippen molar-refractivity contribution >= 4 is 33.4 Å². The van der Waals surface area contributed by atoms with Crippen molar-refractivity contribution in [3.05, 3.63) is 32.3 Å². The number of hydrogen-bond donors (Lipinski definition) is 0. The zero-order chi connectivity index (χ0) is 13.9. The van der Waals surface area contributed by atoms with Crippen molar-refractivity contribution in [1.29, 1.82) is 0 Å². The van der Waals surface area contributed by atoms with Gasteiger partial charge in [-0.1, -0.05) is 6.92 Å². The van der Waals surface area contributed by atoms with Gasteiger partial charge in [0.2, 0.25) is 0 Å². The molecule has 1 rings (SSSR count). The van der Waals surface area contributed by atoms with Crippen molar-refractivity contribution in [1.82, 2.24) is 0 Å².